The predicted octanol–water partition coefficient (Wildman–Crippen LogP) is 9.79. The third-order valence-corrected chi connectivity index (χ3v) is 13.4. The van der Waals surface area contributed by atoms with E-state index >= 15 is 0 Å². The molecule has 3 aliphatic carbocycles. The zero-order valence-corrected chi connectivity index (χ0v) is 22.6. The summed E-state index contributed by atoms with van der Waals surface area (Å²) in [5, 5.41) is 0. The Morgan fingerprint density at radius 3 is 2.29 bits per heavy atom. The van der Waals surface area contributed by atoms with E-state index in [1.54, 1.807) is 16.7 Å². The summed E-state index contributed by atoms with van der Waals surface area (Å²) in [6, 6.07) is 27.4. The fraction of sp³-hybridized carbons (Fsp3) is 0.353. The quantitative estimate of drug-likeness (QED) is 0.323. The molecule has 3 aliphatic rings. The number of hydrogen-bond donors (Lipinski definition) is 0. The lowest BCUT2D eigenvalue weighted by Gasteiger charge is -2.39. The summed E-state index contributed by atoms with van der Waals surface area (Å²) in [6.07, 6.45) is 13.6. The number of benzene rings is 3. The lowest BCUT2D eigenvalue weighted by Crippen LogP contribution is -2.42. The second-order valence-electron chi connectivity index (χ2n) is 11.8. The van der Waals surface area contributed by atoms with Gasteiger partial charge in [-0.25, -0.2) is 0 Å². The number of allylic oxidation sites excluding steroid dienone is 3. The summed E-state index contributed by atoms with van der Waals surface area (Å²) >= 11 is 0. The van der Waals surface area contributed by atoms with Crippen LogP contribution in [0.3, 0.4) is 0 Å². The summed E-state index contributed by atoms with van der Waals surface area (Å²) in [4.78, 5) is 0. The molecular formula is C34H38Si. The molecule has 0 aliphatic heterocycles. The van der Waals surface area contributed by atoms with Gasteiger partial charge in [0.25, 0.3) is 0 Å². The highest BCUT2D eigenvalue weighted by molar-refractivity contribution is 6.81. The number of hydrogen-bond acceptors (Lipinski definition) is 0. The van der Waals surface area contributed by atoms with Gasteiger partial charge in [0.05, 0.1) is 8.07 Å². The summed E-state index contributed by atoms with van der Waals surface area (Å²) in [7, 11) is -1.84. The number of fused-ring (bicyclic) bond motifs is 2. The Bertz CT molecular complexity index is 1290. The Balaban J connectivity index is 1.48. The van der Waals surface area contributed by atoms with Gasteiger partial charge in [-0.05, 0) is 63.8 Å². The summed E-state index contributed by atoms with van der Waals surface area (Å²) in [5.41, 5.74) is 13.3. The lowest BCUT2D eigenvalue weighted by atomic mass is 9.84. The highest BCUT2D eigenvalue weighted by atomic mass is 28.3. The van der Waals surface area contributed by atoms with Gasteiger partial charge in [0.2, 0.25) is 0 Å². The molecule has 1 heteroatoms. The van der Waals surface area contributed by atoms with Gasteiger partial charge in [-0.1, -0.05) is 136 Å². The fourth-order valence-corrected chi connectivity index (χ4v) is 11.8. The average Bonchev–Trinajstić information content (AvgIpc) is 3.43. The van der Waals surface area contributed by atoms with E-state index in [1.807, 2.05) is 0 Å². The van der Waals surface area contributed by atoms with E-state index in [4.69, 9.17) is 0 Å². The van der Waals surface area contributed by atoms with Crippen LogP contribution in [0.25, 0.3) is 22.8 Å². The minimum Gasteiger partial charge on any atom is -0.0761 e. The molecule has 1 saturated carbocycles. The molecule has 0 nitrogen and oxygen atoms in total. The summed E-state index contributed by atoms with van der Waals surface area (Å²) in [6.45, 7) is 7.68. The van der Waals surface area contributed by atoms with Crippen molar-refractivity contribution in [1.82, 2.24) is 0 Å². The van der Waals surface area contributed by atoms with E-state index in [1.165, 1.54) is 66.4 Å². The molecule has 2 atom stereocenters. The predicted molar refractivity (Wildman–Crippen MR) is 154 cm³/mol. The van der Waals surface area contributed by atoms with Gasteiger partial charge in [-0.3, -0.25) is 0 Å². The molecule has 3 aromatic carbocycles. The summed E-state index contributed by atoms with van der Waals surface area (Å²) < 4.78 is 0. The maximum absolute atomic E-state index is 2.68. The Morgan fingerprint density at radius 2 is 1.49 bits per heavy atom. The van der Waals surface area contributed by atoms with E-state index in [2.05, 4.69) is 105 Å². The van der Waals surface area contributed by atoms with Crippen LogP contribution in [0, 0.1) is 5.92 Å². The minimum atomic E-state index is -1.84. The molecule has 3 aromatic rings. The first kappa shape index (κ1) is 22.8. The van der Waals surface area contributed by atoms with Crippen molar-refractivity contribution in [3.8, 4) is 11.1 Å². The molecule has 0 bridgehead atoms. The van der Waals surface area contributed by atoms with Gasteiger partial charge in [-0.2, -0.15) is 0 Å². The van der Waals surface area contributed by atoms with Gasteiger partial charge in [-0.15, -0.1) is 0 Å². The van der Waals surface area contributed by atoms with Crippen molar-refractivity contribution >= 4 is 19.7 Å². The Morgan fingerprint density at radius 1 is 0.771 bits per heavy atom. The van der Waals surface area contributed by atoms with Gasteiger partial charge < -0.3 is 0 Å². The van der Waals surface area contributed by atoms with Gasteiger partial charge in [0, 0.05) is 5.54 Å². The molecule has 0 radical (unpaired) electrons. The lowest BCUT2D eigenvalue weighted by molar-refractivity contribution is 0.354. The normalized spacial score (nSPS) is 21.9. The third kappa shape index (κ3) is 3.98. The maximum atomic E-state index is 2.68. The Labute approximate surface area is 212 Å². The smallest absolute Gasteiger partial charge is 0.0719 e. The van der Waals surface area contributed by atoms with Crippen molar-refractivity contribution in [2.75, 3.05) is 0 Å². The van der Waals surface area contributed by atoms with Crippen molar-refractivity contribution in [3.05, 3.63) is 107 Å². The van der Waals surface area contributed by atoms with Gasteiger partial charge >= 0.3 is 0 Å². The van der Waals surface area contributed by atoms with Gasteiger partial charge in [0.15, 0.2) is 0 Å². The molecule has 6 rings (SSSR count). The van der Waals surface area contributed by atoms with Crippen LogP contribution in [-0.2, 0) is 0 Å². The Kier molecular flexibility index (Phi) is 5.93. The van der Waals surface area contributed by atoms with Crippen LogP contribution < -0.4 is 0 Å². The monoisotopic (exact) mass is 474 g/mol. The average molecular weight is 475 g/mol. The molecular weight excluding hydrogens is 436 g/mol. The van der Waals surface area contributed by atoms with Gasteiger partial charge in [0.1, 0.15) is 0 Å². The van der Waals surface area contributed by atoms with Crippen molar-refractivity contribution in [2.45, 2.75) is 69.6 Å². The fourth-order valence-electron chi connectivity index (χ4n) is 7.47. The first-order valence-electron chi connectivity index (χ1n) is 13.7. The van der Waals surface area contributed by atoms with Crippen LogP contribution in [0.5, 0.6) is 0 Å². The zero-order chi connectivity index (χ0) is 24.0. The SMILES string of the molecule is CC1=CC([Si](C)(C)C2C(CC3CCCCC3)=Cc3cccc(-c4ccccc4)c32)c2ccccc21. The number of rotatable bonds is 5. The first-order chi connectivity index (χ1) is 17.0. The standard InChI is InChI=1S/C34H38Si/c1-24-21-32(31-19-11-10-18-29(24)31)35(2,3)34-28(22-25-13-6-4-7-14-25)23-27-17-12-20-30(33(27)34)26-15-8-5-9-16-26/h5,8-12,15-21,23,25,32,34H,4,6-7,13-14,22H2,1-3H3. The Hall–Kier alpha value is -2.64. The van der Waals surface area contributed by atoms with Crippen LogP contribution in [0.1, 0.15) is 78.8 Å². The van der Waals surface area contributed by atoms with E-state index in [0.29, 0.717) is 11.1 Å². The molecule has 2 unspecified atom stereocenters. The van der Waals surface area contributed by atoms with Crippen molar-refractivity contribution in [3.63, 3.8) is 0 Å². The second kappa shape index (κ2) is 9.10. The molecule has 35 heavy (non-hydrogen) atoms. The molecule has 0 saturated heterocycles. The molecule has 0 amide bonds. The van der Waals surface area contributed by atoms with Crippen molar-refractivity contribution < 1.29 is 0 Å². The third-order valence-electron chi connectivity index (χ3n) is 9.16. The first-order valence-corrected chi connectivity index (χ1v) is 16.9. The molecule has 0 aromatic heterocycles. The van der Waals surface area contributed by atoms with E-state index in [9.17, 15) is 0 Å². The highest BCUT2D eigenvalue weighted by Crippen LogP contribution is 2.54. The van der Waals surface area contributed by atoms with Crippen molar-refractivity contribution in [2.24, 2.45) is 5.92 Å². The van der Waals surface area contributed by atoms with Crippen LogP contribution >= 0.6 is 0 Å². The molecule has 0 N–H and O–H groups in total. The minimum absolute atomic E-state index is 0.563. The summed E-state index contributed by atoms with van der Waals surface area (Å²) in [5.74, 6) is 0.866. The van der Waals surface area contributed by atoms with E-state index in [0.717, 1.165) is 5.92 Å². The van der Waals surface area contributed by atoms with E-state index in [-0.39, 0.29) is 0 Å². The molecule has 1 fully saturated rings. The van der Waals surface area contributed by atoms with Crippen LogP contribution in [-0.4, -0.2) is 8.07 Å². The van der Waals surface area contributed by atoms with Crippen LogP contribution in [0.15, 0.2) is 84.4 Å². The highest BCUT2D eigenvalue weighted by Gasteiger charge is 2.47. The topological polar surface area (TPSA) is 0 Å². The molecule has 0 heterocycles. The second-order valence-corrected chi connectivity index (χ2v) is 16.6. The van der Waals surface area contributed by atoms with Crippen LogP contribution in [0.2, 0.25) is 13.1 Å². The molecule has 0 spiro atoms. The van der Waals surface area contributed by atoms with Crippen molar-refractivity contribution in [1.29, 1.82) is 0 Å². The zero-order valence-electron chi connectivity index (χ0n) is 21.6. The largest absolute Gasteiger partial charge is 0.0761 e. The van der Waals surface area contributed by atoms with Crippen LogP contribution in [0.4, 0.5) is 0 Å². The molecule has 178 valence electrons. The maximum Gasteiger partial charge on any atom is 0.0719 e. The van der Waals surface area contributed by atoms with E-state index < -0.39 is 8.07 Å².